The van der Waals surface area contributed by atoms with Crippen LogP contribution < -0.4 is 5.32 Å². The normalized spacial score (nSPS) is 14.5. The Morgan fingerprint density at radius 1 is 0.971 bits per heavy atom. The zero-order valence-electron chi connectivity index (χ0n) is 20.0. The molecule has 5 rings (SSSR count). The zero-order chi connectivity index (χ0) is 23.7. The Balaban J connectivity index is 1.33. The maximum atomic E-state index is 12.7. The lowest BCUT2D eigenvalue weighted by Gasteiger charge is -2.32. The van der Waals surface area contributed by atoms with E-state index in [2.05, 4.69) is 52.8 Å². The summed E-state index contributed by atoms with van der Waals surface area (Å²) in [5, 5.41) is 4.29. The number of carbonyl (C=O) groups excluding carboxylic acids is 1. The predicted octanol–water partition coefficient (Wildman–Crippen LogP) is 4.10. The lowest BCUT2D eigenvalue weighted by Crippen LogP contribution is -2.47. The highest BCUT2D eigenvalue weighted by atomic mass is 16.2. The summed E-state index contributed by atoms with van der Waals surface area (Å²) in [6, 6.07) is 16.4. The van der Waals surface area contributed by atoms with Gasteiger partial charge in [0.1, 0.15) is 5.65 Å². The first-order valence-corrected chi connectivity index (χ1v) is 11.7. The highest BCUT2D eigenvalue weighted by molar-refractivity contribution is 5.80. The number of benzene rings is 2. The number of aromatic nitrogens is 3. The highest BCUT2D eigenvalue weighted by Crippen LogP contribution is 2.22. The van der Waals surface area contributed by atoms with Gasteiger partial charge in [-0.3, -0.25) is 4.79 Å². The number of aryl methyl sites for hydroxylation is 2. The summed E-state index contributed by atoms with van der Waals surface area (Å²) < 4.78 is 2.05. The van der Waals surface area contributed by atoms with Gasteiger partial charge in [0.15, 0.2) is 0 Å². The van der Waals surface area contributed by atoms with Crippen LogP contribution in [-0.2, 0) is 11.2 Å². The molecule has 0 unspecified atom stereocenters. The third-order valence-corrected chi connectivity index (χ3v) is 6.62. The first kappa shape index (κ1) is 22.1. The van der Waals surface area contributed by atoms with Gasteiger partial charge >= 0.3 is 0 Å². The number of nitrogens with one attached hydrogen (secondary N) is 1. The second-order valence-electron chi connectivity index (χ2n) is 9.11. The average molecular weight is 455 g/mol. The molecular weight excluding hydrogens is 424 g/mol. The quantitative estimate of drug-likeness (QED) is 0.492. The Bertz CT molecular complexity index is 1320. The molecule has 174 valence electrons. The van der Waals surface area contributed by atoms with E-state index in [0.717, 1.165) is 54.2 Å². The number of amides is 1. The highest BCUT2D eigenvalue weighted by Gasteiger charge is 2.19. The molecule has 2 aromatic carbocycles. The monoisotopic (exact) mass is 454 g/mol. The van der Waals surface area contributed by atoms with Crippen LogP contribution in [0.5, 0.6) is 0 Å². The molecule has 0 spiro atoms. The van der Waals surface area contributed by atoms with E-state index in [-0.39, 0.29) is 5.91 Å². The molecule has 1 saturated heterocycles. The van der Waals surface area contributed by atoms with E-state index < -0.39 is 0 Å². The molecule has 0 bridgehead atoms. The second-order valence-corrected chi connectivity index (χ2v) is 9.11. The van der Waals surface area contributed by atoms with Crippen LogP contribution in [0, 0.1) is 13.8 Å². The minimum absolute atomic E-state index is 0.196. The van der Waals surface area contributed by atoms with Crippen molar-refractivity contribution in [1.29, 1.82) is 0 Å². The van der Waals surface area contributed by atoms with Crippen molar-refractivity contribution in [3.05, 3.63) is 77.6 Å². The maximum absolute atomic E-state index is 12.7. The van der Waals surface area contributed by atoms with Crippen molar-refractivity contribution in [2.75, 3.05) is 38.5 Å². The fourth-order valence-electron chi connectivity index (χ4n) is 4.25. The third kappa shape index (κ3) is 4.65. The summed E-state index contributed by atoms with van der Waals surface area (Å²) in [5.74, 6) is 0.757. The minimum atomic E-state index is 0.196. The van der Waals surface area contributed by atoms with E-state index in [1.54, 1.807) is 0 Å². The number of nitrogens with zero attached hydrogens (tertiary/aromatic N) is 5. The number of likely N-dealkylation sites (N-methyl/N-ethyl adjacent to an activating group) is 1. The molecular formula is C27H30N6O. The predicted molar refractivity (Wildman–Crippen MR) is 136 cm³/mol. The number of hydrogen-bond acceptors (Lipinski definition) is 5. The molecule has 1 amide bonds. The number of piperazine rings is 1. The van der Waals surface area contributed by atoms with E-state index in [9.17, 15) is 4.79 Å². The Labute approximate surface area is 200 Å². The van der Waals surface area contributed by atoms with Gasteiger partial charge < -0.3 is 19.7 Å². The number of hydrogen-bond donors (Lipinski definition) is 1. The smallest absolute Gasteiger partial charge is 0.229 e. The molecule has 0 atom stereocenters. The largest absolute Gasteiger partial charge is 0.340 e. The van der Waals surface area contributed by atoms with Crippen molar-refractivity contribution < 1.29 is 4.79 Å². The first-order valence-electron chi connectivity index (χ1n) is 11.7. The van der Waals surface area contributed by atoms with Crippen molar-refractivity contribution >= 4 is 28.6 Å². The van der Waals surface area contributed by atoms with Crippen LogP contribution in [0.25, 0.3) is 16.7 Å². The van der Waals surface area contributed by atoms with Crippen LogP contribution in [0.15, 0.2) is 60.9 Å². The van der Waals surface area contributed by atoms with E-state index in [1.165, 1.54) is 11.1 Å². The summed E-state index contributed by atoms with van der Waals surface area (Å²) >= 11 is 0. The van der Waals surface area contributed by atoms with Gasteiger partial charge in [-0.25, -0.2) is 4.98 Å². The van der Waals surface area contributed by atoms with Gasteiger partial charge in [0, 0.05) is 55.3 Å². The summed E-state index contributed by atoms with van der Waals surface area (Å²) in [7, 11) is 2.10. The van der Waals surface area contributed by atoms with Crippen LogP contribution >= 0.6 is 0 Å². The molecule has 3 heterocycles. The van der Waals surface area contributed by atoms with Crippen molar-refractivity contribution in [3.63, 3.8) is 0 Å². The molecule has 7 nitrogen and oxygen atoms in total. The SMILES string of the molecule is Cc1ccc(Nc2ncc3ccn(-c4ccc(CC(=O)N5CCN(C)CC5)cc4)c3n2)cc1C. The third-order valence-electron chi connectivity index (χ3n) is 6.62. The van der Waals surface area contributed by atoms with E-state index in [0.29, 0.717) is 12.4 Å². The van der Waals surface area contributed by atoms with Crippen LogP contribution in [0.4, 0.5) is 11.6 Å². The standard InChI is InChI=1S/C27H30N6O/c1-19-4-7-23(16-20(19)2)29-27-28-18-22-10-11-33(26(22)30-27)24-8-5-21(6-9-24)17-25(34)32-14-12-31(3)13-15-32/h4-11,16,18H,12-15,17H2,1-3H3,(H,28,29,30). The fraction of sp³-hybridized carbons (Fsp3) is 0.296. The number of rotatable bonds is 5. The molecule has 1 N–H and O–H groups in total. The first-order chi connectivity index (χ1) is 16.5. The number of anilines is 2. The van der Waals surface area contributed by atoms with Gasteiger partial charge in [-0.2, -0.15) is 4.98 Å². The van der Waals surface area contributed by atoms with E-state index >= 15 is 0 Å². The molecule has 0 aliphatic carbocycles. The van der Waals surface area contributed by atoms with Gasteiger partial charge in [0.2, 0.25) is 11.9 Å². The lowest BCUT2D eigenvalue weighted by molar-refractivity contribution is -0.132. The maximum Gasteiger partial charge on any atom is 0.229 e. The van der Waals surface area contributed by atoms with Crippen molar-refractivity contribution in [3.8, 4) is 5.69 Å². The van der Waals surface area contributed by atoms with Gasteiger partial charge in [-0.1, -0.05) is 18.2 Å². The summed E-state index contributed by atoms with van der Waals surface area (Å²) in [5.41, 5.74) is 6.31. The van der Waals surface area contributed by atoms with Gasteiger partial charge in [-0.15, -0.1) is 0 Å². The molecule has 1 fully saturated rings. The minimum Gasteiger partial charge on any atom is -0.340 e. The van der Waals surface area contributed by atoms with Gasteiger partial charge in [0.05, 0.1) is 6.42 Å². The van der Waals surface area contributed by atoms with Crippen molar-refractivity contribution in [2.24, 2.45) is 0 Å². The van der Waals surface area contributed by atoms with Crippen molar-refractivity contribution in [1.82, 2.24) is 24.3 Å². The molecule has 7 heteroatoms. The Kier molecular flexibility index (Phi) is 6.02. The van der Waals surface area contributed by atoms with Crippen molar-refractivity contribution in [2.45, 2.75) is 20.3 Å². The van der Waals surface area contributed by atoms with E-state index in [1.807, 2.05) is 53.7 Å². The Morgan fingerprint density at radius 2 is 1.74 bits per heavy atom. The second kappa shape index (κ2) is 9.27. The fourth-order valence-corrected chi connectivity index (χ4v) is 4.25. The Hall–Kier alpha value is -3.71. The lowest BCUT2D eigenvalue weighted by atomic mass is 10.1. The molecule has 1 aliphatic heterocycles. The average Bonchev–Trinajstić information content (AvgIpc) is 3.26. The summed E-state index contributed by atoms with van der Waals surface area (Å²) in [6.45, 7) is 7.68. The molecule has 1 aliphatic rings. The van der Waals surface area contributed by atoms with Crippen LogP contribution in [-0.4, -0.2) is 63.5 Å². The summed E-state index contributed by atoms with van der Waals surface area (Å²) in [4.78, 5) is 26.1. The van der Waals surface area contributed by atoms with E-state index in [4.69, 9.17) is 4.98 Å². The molecule has 34 heavy (non-hydrogen) atoms. The Morgan fingerprint density at radius 3 is 2.47 bits per heavy atom. The zero-order valence-corrected chi connectivity index (χ0v) is 20.0. The summed E-state index contributed by atoms with van der Waals surface area (Å²) in [6.07, 6.45) is 4.28. The van der Waals surface area contributed by atoms with Crippen LogP contribution in [0.1, 0.15) is 16.7 Å². The number of fused-ring (bicyclic) bond motifs is 1. The number of carbonyl (C=O) groups is 1. The van der Waals surface area contributed by atoms with Crippen LogP contribution in [0.2, 0.25) is 0 Å². The molecule has 4 aromatic rings. The topological polar surface area (TPSA) is 66.3 Å². The van der Waals surface area contributed by atoms with Gasteiger partial charge in [-0.05, 0) is 67.9 Å². The molecule has 0 radical (unpaired) electrons. The van der Waals surface area contributed by atoms with Crippen LogP contribution in [0.3, 0.4) is 0 Å². The molecule has 0 saturated carbocycles. The molecule has 2 aromatic heterocycles. The van der Waals surface area contributed by atoms with Gasteiger partial charge in [0.25, 0.3) is 0 Å².